The van der Waals surface area contributed by atoms with Crippen molar-refractivity contribution in [3.05, 3.63) is 69.6 Å². The maximum absolute atomic E-state index is 12.8. The van der Waals surface area contributed by atoms with E-state index in [1.807, 2.05) is 29.3 Å². The lowest BCUT2D eigenvalue weighted by Gasteiger charge is -2.32. The zero-order chi connectivity index (χ0) is 19.3. The Balaban J connectivity index is 0.00000160. The van der Waals surface area contributed by atoms with Crippen LogP contribution in [-0.2, 0) is 12.8 Å². The van der Waals surface area contributed by atoms with Crippen LogP contribution in [0.4, 0.5) is 0 Å². The van der Waals surface area contributed by atoms with E-state index in [1.165, 1.54) is 12.0 Å². The fourth-order valence-corrected chi connectivity index (χ4v) is 4.43. The van der Waals surface area contributed by atoms with Gasteiger partial charge in [0.2, 0.25) is 5.56 Å². The highest BCUT2D eigenvalue weighted by atomic mass is 35.5. The molecule has 1 aromatic heterocycles. The van der Waals surface area contributed by atoms with Gasteiger partial charge in [-0.3, -0.25) is 9.59 Å². The molecule has 0 spiro atoms. The minimum Gasteiger partial charge on any atom is -0.339 e. The van der Waals surface area contributed by atoms with Crippen LogP contribution < -0.4 is 10.9 Å². The van der Waals surface area contributed by atoms with Gasteiger partial charge in [0.15, 0.2) is 0 Å². The van der Waals surface area contributed by atoms with Crippen LogP contribution in [0, 0.1) is 11.8 Å². The second-order valence-electron chi connectivity index (χ2n) is 8.26. The van der Waals surface area contributed by atoms with Gasteiger partial charge in [0.05, 0.1) is 0 Å². The number of carbonyl (C=O) groups is 1. The third-order valence-electron chi connectivity index (χ3n) is 6.16. The van der Waals surface area contributed by atoms with Crippen LogP contribution in [0.15, 0.2) is 47.4 Å². The minimum atomic E-state index is -0.0601. The van der Waals surface area contributed by atoms with E-state index in [4.69, 9.17) is 0 Å². The molecule has 2 N–H and O–H groups in total. The average molecular weight is 452 g/mol. The molecule has 0 saturated carbocycles. The third kappa shape index (κ3) is 6.34. The molecule has 2 aromatic rings. The Bertz CT molecular complexity index is 835. The first-order valence-electron chi connectivity index (χ1n) is 10.4. The molecular weight excluding hydrogens is 421 g/mol. The van der Waals surface area contributed by atoms with Crippen molar-refractivity contribution in [3.8, 4) is 0 Å². The lowest BCUT2D eigenvalue weighted by atomic mass is 9.90. The molecule has 2 fully saturated rings. The van der Waals surface area contributed by atoms with Gasteiger partial charge >= 0.3 is 0 Å². The predicted molar refractivity (Wildman–Crippen MR) is 125 cm³/mol. The number of rotatable bonds is 5. The average Bonchev–Trinajstić information content (AvgIpc) is 3.23. The number of aromatic amines is 1. The fourth-order valence-electron chi connectivity index (χ4n) is 4.43. The number of nitrogens with one attached hydrogen (secondary N) is 2. The van der Waals surface area contributed by atoms with Crippen molar-refractivity contribution in [2.45, 2.75) is 32.1 Å². The van der Waals surface area contributed by atoms with Crippen LogP contribution in [0.3, 0.4) is 0 Å². The molecule has 30 heavy (non-hydrogen) atoms. The zero-order valence-electron chi connectivity index (χ0n) is 17.1. The molecule has 164 valence electrons. The Hall–Kier alpha value is -1.82. The van der Waals surface area contributed by atoms with E-state index in [1.54, 1.807) is 6.07 Å². The standard InChI is InChI=1S/C23H29N3O2.2ClH/c27-22-6-3-19(16-25-22)14-18-8-11-26(12-9-18)23(28)21-4-1-17(2-5-21)13-20-7-10-24-15-20;;/h1-6,16,18,20,24H,7-15H2,(H,25,27);2*1H. The molecule has 1 atom stereocenters. The van der Waals surface area contributed by atoms with Crippen molar-refractivity contribution in [3.63, 3.8) is 0 Å². The Morgan fingerprint density at radius 1 is 0.900 bits per heavy atom. The molecule has 0 radical (unpaired) electrons. The van der Waals surface area contributed by atoms with E-state index in [2.05, 4.69) is 22.4 Å². The maximum atomic E-state index is 12.8. The number of hydrogen-bond donors (Lipinski definition) is 2. The van der Waals surface area contributed by atoms with Gasteiger partial charge in [-0.2, -0.15) is 0 Å². The van der Waals surface area contributed by atoms with E-state index < -0.39 is 0 Å². The number of likely N-dealkylation sites (tertiary alicyclic amines) is 1. The van der Waals surface area contributed by atoms with E-state index in [0.29, 0.717) is 5.92 Å². The maximum Gasteiger partial charge on any atom is 0.253 e. The van der Waals surface area contributed by atoms with E-state index >= 15 is 0 Å². The summed E-state index contributed by atoms with van der Waals surface area (Å²) in [6.07, 6.45) is 7.13. The van der Waals surface area contributed by atoms with Crippen LogP contribution in [0.5, 0.6) is 0 Å². The number of carbonyl (C=O) groups excluding carboxylic acids is 1. The largest absolute Gasteiger partial charge is 0.339 e. The molecule has 0 aliphatic carbocycles. The monoisotopic (exact) mass is 451 g/mol. The van der Waals surface area contributed by atoms with Crippen LogP contribution >= 0.6 is 24.8 Å². The summed E-state index contributed by atoms with van der Waals surface area (Å²) >= 11 is 0. The fraction of sp³-hybridized carbons (Fsp3) is 0.478. The molecule has 0 bridgehead atoms. The number of nitrogens with zero attached hydrogens (tertiary/aromatic N) is 1. The summed E-state index contributed by atoms with van der Waals surface area (Å²) in [7, 11) is 0. The van der Waals surface area contributed by atoms with Crippen LogP contribution in [0.2, 0.25) is 0 Å². The molecule has 3 heterocycles. The highest BCUT2D eigenvalue weighted by Crippen LogP contribution is 2.23. The number of H-pyrrole nitrogens is 1. The van der Waals surface area contributed by atoms with Gasteiger partial charge in [-0.15, -0.1) is 24.8 Å². The summed E-state index contributed by atoms with van der Waals surface area (Å²) < 4.78 is 0. The SMILES string of the molecule is Cl.Cl.O=C(c1ccc(CC2CCNC2)cc1)N1CCC(Cc2ccc(=O)[nH]c2)CC1. The molecule has 7 heteroatoms. The number of hydrogen-bond acceptors (Lipinski definition) is 3. The normalized spacial score (nSPS) is 19.1. The number of aromatic nitrogens is 1. The van der Waals surface area contributed by atoms with Crippen molar-refractivity contribution in [2.24, 2.45) is 11.8 Å². The molecule has 2 aliphatic rings. The summed E-state index contributed by atoms with van der Waals surface area (Å²) in [5.41, 5.74) is 3.23. The Labute approximate surface area is 190 Å². The van der Waals surface area contributed by atoms with Crippen LogP contribution in [0.25, 0.3) is 0 Å². The smallest absolute Gasteiger partial charge is 0.253 e. The van der Waals surface area contributed by atoms with Crippen molar-refractivity contribution in [2.75, 3.05) is 26.2 Å². The first-order chi connectivity index (χ1) is 13.7. The van der Waals surface area contributed by atoms with Gasteiger partial charge in [-0.25, -0.2) is 0 Å². The number of pyridine rings is 1. The molecule has 1 amide bonds. The number of halogens is 2. The lowest BCUT2D eigenvalue weighted by Crippen LogP contribution is -2.38. The Morgan fingerprint density at radius 2 is 1.57 bits per heavy atom. The Morgan fingerprint density at radius 3 is 2.17 bits per heavy atom. The second-order valence-corrected chi connectivity index (χ2v) is 8.26. The molecule has 2 saturated heterocycles. The van der Waals surface area contributed by atoms with Gasteiger partial charge in [-0.05, 0) is 80.3 Å². The van der Waals surface area contributed by atoms with Crippen LogP contribution in [0.1, 0.15) is 40.7 Å². The topological polar surface area (TPSA) is 65.2 Å². The first kappa shape index (κ1) is 24.4. The Kier molecular flexibility index (Phi) is 9.40. The highest BCUT2D eigenvalue weighted by Gasteiger charge is 2.24. The molecule has 5 nitrogen and oxygen atoms in total. The van der Waals surface area contributed by atoms with E-state index in [0.717, 1.165) is 68.9 Å². The summed E-state index contributed by atoms with van der Waals surface area (Å²) in [4.78, 5) is 28.7. The van der Waals surface area contributed by atoms with Gasteiger partial charge in [0.25, 0.3) is 5.91 Å². The number of piperidine rings is 1. The highest BCUT2D eigenvalue weighted by molar-refractivity contribution is 5.94. The second kappa shape index (κ2) is 11.5. The van der Waals surface area contributed by atoms with E-state index in [9.17, 15) is 9.59 Å². The molecule has 4 rings (SSSR count). The van der Waals surface area contributed by atoms with Gasteiger partial charge in [-0.1, -0.05) is 18.2 Å². The minimum absolute atomic E-state index is 0. The first-order valence-corrected chi connectivity index (χ1v) is 10.4. The van der Waals surface area contributed by atoms with Crippen molar-refractivity contribution < 1.29 is 4.79 Å². The molecular formula is C23H31Cl2N3O2. The summed E-state index contributed by atoms with van der Waals surface area (Å²) in [6, 6.07) is 11.7. The zero-order valence-corrected chi connectivity index (χ0v) is 18.8. The number of amides is 1. The van der Waals surface area contributed by atoms with Gasteiger partial charge < -0.3 is 15.2 Å². The number of benzene rings is 1. The summed E-state index contributed by atoms with van der Waals surface area (Å²) in [6.45, 7) is 3.85. The molecule has 2 aliphatic heterocycles. The van der Waals surface area contributed by atoms with Gasteiger partial charge in [0.1, 0.15) is 0 Å². The van der Waals surface area contributed by atoms with Crippen molar-refractivity contribution in [1.29, 1.82) is 0 Å². The predicted octanol–water partition coefficient (Wildman–Crippen LogP) is 3.47. The van der Waals surface area contributed by atoms with Crippen molar-refractivity contribution in [1.82, 2.24) is 15.2 Å². The summed E-state index contributed by atoms with van der Waals surface area (Å²) in [5.74, 6) is 1.44. The van der Waals surface area contributed by atoms with E-state index in [-0.39, 0.29) is 36.3 Å². The third-order valence-corrected chi connectivity index (χ3v) is 6.16. The molecule has 1 aromatic carbocycles. The van der Waals surface area contributed by atoms with Crippen molar-refractivity contribution >= 4 is 30.7 Å². The van der Waals surface area contributed by atoms with Gasteiger partial charge in [0, 0.05) is 30.9 Å². The lowest BCUT2D eigenvalue weighted by molar-refractivity contribution is 0.0690. The van der Waals surface area contributed by atoms with Crippen LogP contribution in [-0.4, -0.2) is 42.0 Å². The summed E-state index contributed by atoms with van der Waals surface area (Å²) in [5, 5.41) is 3.41. The quantitative estimate of drug-likeness (QED) is 0.731. The molecule has 1 unspecified atom stereocenters.